The first-order valence-corrected chi connectivity index (χ1v) is 7.46. The van der Waals surface area contributed by atoms with Crippen LogP contribution < -0.4 is 15.0 Å². The number of benzene rings is 1. The Labute approximate surface area is 115 Å². The summed E-state index contributed by atoms with van der Waals surface area (Å²) in [6.07, 6.45) is 6.77. The van der Waals surface area contributed by atoms with E-state index in [1.807, 2.05) is 6.07 Å². The van der Waals surface area contributed by atoms with E-state index in [-0.39, 0.29) is 0 Å². The van der Waals surface area contributed by atoms with E-state index in [2.05, 4.69) is 28.4 Å². The van der Waals surface area contributed by atoms with Crippen molar-refractivity contribution in [2.24, 2.45) is 0 Å². The molecule has 2 fully saturated rings. The summed E-state index contributed by atoms with van der Waals surface area (Å²) in [4.78, 5) is 2.50. The fourth-order valence-electron chi connectivity index (χ4n) is 3.62. The zero-order valence-corrected chi connectivity index (χ0v) is 11.8. The van der Waals surface area contributed by atoms with Crippen molar-refractivity contribution < 1.29 is 4.74 Å². The molecule has 3 heteroatoms. The van der Waals surface area contributed by atoms with E-state index in [0.717, 1.165) is 25.4 Å². The van der Waals surface area contributed by atoms with E-state index in [1.165, 1.54) is 37.8 Å². The third-order valence-electron chi connectivity index (χ3n) is 4.61. The van der Waals surface area contributed by atoms with Crippen molar-refractivity contribution in [1.82, 2.24) is 5.32 Å². The zero-order valence-electron chi connectivity index (χ0n) is 11.8. The maximum Gasteiger partial charge on any atom is 0.142 e. The average Bonchev–Trinajstić information content (AvgIpc) is 2.48. The van der Waals surface area contributed by atoms with Crippen LogP contribution >= 0.6 is 0 Å². The van der Waals surface area contributed by atoms with Crippen molar-refractivity contribution in [2.45, 2.75) is 37.6 Å². The van der Waals surface area contributed by atoms with Crippen LogP contribution in [0.5, 0.6) is 5.75 Å². The summed E-state index contributed by atoms with van der Waals surface area (Å²) < 4.78 is 5.51. The Bertz CT molecular complexity index is 421. The molecule has 1 saturated heterocycles. The van der Waals surface area contributed by atoms with Gasteiger partial charge in [0.15, 0.2) is 0 Å². The fraction of sp³-hybridized carbons (Fsp3) is 0.625. The van der Waals surface area contributed by atoms with Crippen LogP contribution in [-0.4, -0.2) is 32.3 Å². The second-order valence-electron chi connectivity index (χ2n) is 5.86. The van der Waals surface area contributed by atoms with Crippen LogP contribution in [0.3, 0.4) is 0 Å². The highest BCUT2D eigenvalue weighted by molar-refractivity contribution is 5.59. The first-order valence-electron chi connectivity index (χ1n) is 7.46. The van der Waals surface area contributed by atoms with Gasteiger partial charge in [0.05, 0.1) is 12.8 Å². The van der Waals surface area contributed by atoms with Gasteiger partial charge in [-0.15, -0.1) is 0 Å². The quantitative estimate of drug-likeness (QED) is 0.885. The molecule has 0 amide bonds. The van der Waals surface area contributed by atoms with Crippen molar-refractivity contribution in [3.8, 4) is 5.75 Å². The fourth-order valence-corrected chi connectivity index (χ4v) is 3.62. The molecule has 1 aliphatic carbocycles. The van der Waals surface area contributed by atoms with Crippen LogP contribution in [-0.2, 0) is 0 Å². The Kier molecular flexibility index (Phi) is 3.65. The Hall–Kier alpha value is -1.22. The third kappa shape index (κ3) is 2.57. The highest BCUT2D eigenvalue weighted by Gasteiger charge is 2.36. The SMILES string of the molecule is COc1ccccc1N1CCNC2(CCCCC2)C1. The summed E-state index contributed by atoms with van der Waals surface area (Å²) in [6.45, 7) is 3.27. The summed E-state index contributed by atoms with van der Waals surface area (Å²) in [6, 6.07) is 8.39. The largest absolute Gasteiger partial charge is 0.495 e. The van der Waals surface area contributed by atoms with E-state index in [9.17, 15) is 0 Å². The molecular weight excluding hydrogens is 236 g/mol. The molecule has 1 aromatic carbocycles. The molecule has 2 aliphatic rings. The number of hydrogen-bond acceptors (Lipinski definition) is 3. The van der Waals surface area contributed by atoms with Gasteiger partial charge in [-0.1, -0.05) is 31.4 Å². The summed E-state index contributed by atoms with van der Waals surface area (Å²) in [5.74, 6) is 0.996. The first-order chi connectivity index (χ1) is 9.33. The zero-order chi connectivity index (χ0) is 13.1. The predicted molar refractivity (Wildman–Crippen MR) is 79.0 cm³/mol. The molecule has 0 bridgehead atoms. The van der Waals surface area contributed by atoms with Crippen LogP contribution in [0.4, 0.5) is 5.69 Å². The molecule has 1 N–H and O–H groups in total. The lowest BCUT2D eigenvalue weighted by atomic mass is 9.80. The van der Waals surface area contributed by atoms with E-state index >= 15 is 0 Å². The van der Waals surface area contributed by atoms with Gasteiger partial charge in [0.25, 0.3) is 0 Å². The van der Waals surface area contributed by atoms with E-state index in [4.69, 9.17) is 4.74 Å². The molecule has 3 nitrogen and oxygen atoms in total. The Morgan fingerprint density at radius 3 is 2.74 bits per heavy atom. The Balaban J connectivity index is 1.81. The molecule has 19 heavy (non-hydrogen) atoms. The summed E-state index contributed by atoms with van der Waals surface area (Å²) in [5, 5.41) is 3.79. The van der Waals surface area contributed by atoms with Gasteiger partial charge in [-0.3, -0.25) is 0 Å². The number of methoxy groups -OCH3 is 1. The summed E-state index contributed by atoms with van der Waals surface area (Å²) in [7, 11) is 1.76. The number of nitrogens with one attached hydrogen (secondary N) is 1. The summed E-state index contributed by atoms with van der Waals surface area (Å²) in [5.41, 5.74) is 1.59. The lowest BCUT2D eigenvalue weighted by Gasteiger charge is -2.47. The average molecular weight is 260 g/mol. The number of para-hydroxylation sites is 2. The van der Waals surface area contributed by atoms with Gasteiger partial charge in [-0.05, 0) is 25.0 Å². The molecule has 3 rings (SSSR count). The molecule has 1 aromatic rings. The van der Waals surface area contributed by atoms with E-state index in [0.29, 0.717) is 5.54 Å². The molecule has 1 saturated carbocycles. The van der Waals surface area contributed by atoms with Crippen LogP contribution in [0.2, 0.25) is 0 Å². The number of nitrogens with zero attached hydrogens (tertiary/aromatic N) is 1. The molecule has 1 aliphatic heterocycles. The summed E-state index contributed by atoms with van der Waals surface area (Å²) >= 11 is 0. The number of hydrogen-bond donors (Lipinski definition) is 1. The lowest BCUT2D eigenvalue weighted by molar-refractivity contribution is 0.216. The molecule has 1 heterocycles. The molecule has 104 valence electrons. The van der Waals surface area contributed by atoms with Gasteiger partial charge in [0.1, 0.15) is 5.75 Å². The van der Waals surface area contributed by atoms with Crippen molar-refractivity contribution >= 4 is 5.69 Å². The number of anilines is 1. The minimum atomic E-state index is 0.345. The number of ether oxygens (including phenoxy) is 1. The normalized spacial score (nSPS) is 22.5. The van der Waals surface area contributed by atoms with Gasteiger partial charge < -0.3 is 15.0 Å². The standard InChI is InChI=1S/C16H24N2O/c1-19-15-8-4-3-7-14(15)18-12-11-17-16(13-18)9-5-2-6-10-16/h3-4,7-8,17H,2,5-6,9-13H2,1H3. The van der Waals surface area contributed by atoms with Crippen molar-refractivity contribution in [1.29, 1.82) is 0 Å². The minimum Gasteiger partial charge on any atom is -0.495 e. The molecule has 1 spiro atoms. The Morgan fingerprint density at radius 1 is 1.16 bits per heavy atom. The molecule has 0 unspecified atom stereocenters. The molecular formula is C16H24N2O. The maximum absolute atomic E-state index is 5.51. The van der Waals surface area contributed by atoms with E-state index < -0.39 is 0 Å². The van der Waals surface area contributed by atoms with Crippen molar-refractivity contribution in [3.63, 3.8) is 0 Å². The highest BCUT2D eigenvalue weighted by Crippen LogP contribution is 2.35. The van der Waals surface area contributed by atoms with Gasteiger partial charge in [-0.25, -0.2) is 0 Å². The first kappa shape index (κ1) is 12.8. The van der Waals surface area contributed by atoms with Crippen LogP contribution in [0.1, 0.15) is 32.1 Å². The lowest BCUT2D eigenvalue weighted by Crippen LogP contribution is -2.61. The monoisotopic (exact) mass is 260 g/mol. The maximum atomic E-state index is 5.51. The number of rotatable bonds is 2. The van der Waals surface area contributed by atoms with Gasteiger partial charge in [-0.2, -0.15) is 0 Å². The van der Waals surface area contributed by atoms with E-state index in [1.54, 1.807) is 7.11 Å². The predicted octanol–water partition coefficient (Wildman–Crippen LogP) is 2.81. The third-order valence-corrected chi connectivity index (χ3v) is 4.61. The van der Waals surface area contributed by atoms with Crippen molar-refractivity contribution in [3.05, 3.63) is 24.3 Å². The topological polar surface area (TPSA) is 24.5 Å². The Morgan fingerprint density at radius 2 is 1.95 bits per heavy atom. The highest BCUT2D eigenvalue weighted by atomic mass is 16.5. The van der Waals surface area contributed by atoms with Crippen LogP contribution in [0, 0.1) is 0 Å². The number of piperazine rings is 1. The van der Waals surface area contributed by atoms with Gasteiger partial charge in [0.2, 0.25) is 0 Å². The van der Waals surface area contributed by atoms with Gasteiger partial charge >= 0.3 is 0 Å². The molecule has 0 atom stereocenters. The second-order valence-corrected chi connectivity index (χ2v) is 5.86. The molecule has 0 aromatic heterocycles. The minimum absolute atomic E-state index is 0.345. The second kappa shape index (κ2) is 5.41. The van der Waals surface area contributed by atoms with Crippen molar-refractivity contribution in [2.75, 3.05) is 31.6 Å². The smallest absolute Gasteiger partial charge is 0.142 e. The van der Waals surface area contributed by atoms with Gasteiger partial charge in [0, 0.05) is 25.2 Å². The van der Waals surface area contributed by atoms with Crippen LogP contribution in [0.15, 0.2) is 24.3 Å². The molecule has 0 radical (unpaired) electrons. The van der Waals surface area contributed by atoms with Crippen LogP contribution in [0.25, 0.3) is 0 Å².